The average molecular weight is 711 g/mol. The third kappa shape index (κ3) is 7.15. The first-order valence-electron chi connectivity index (χ1n) is 13.8. The maximum Gasteiger partial charge on any atom is 0.266 e. The summed E-state index contributed by atoms with van der Waals surface area (Å²) >= 11 is 7.29. The molecule has 0 aliphatic carbocycles. The van der Waals surface area contributed by atoms with Gasteiger partial charge >= 0.3 is 0 Å². The number of rotatable bonds is 12. The predicted octanol–water partition coefficient (Wildman–Crippen LogP) is 6.43. The number of ether oxygens (including phenoxy) is 2. The lowest BCUT2D eigenvalue weighted by atomic mass is 9.82. The Hall–Kier alpha value is -3.57. The van der Waals surface area contributed by atoms with Crippen LogP contribution in [0.15, 0.2) is 111 Å². The molecule has 4 aromatic carbocycles. The first-order chi connectivity index (χ1) is 20.9. The standard InChI is InChI=1S/C33H30Br2FN3O4/c34-27-11-4-1-8-23(27)20-33(32(41)39-37-21-24-9-2-6-13-29(24)36)30(26-10-3-5-12-28(26)35)43-31(38-33)22-14-16-25(17-15-22)42-19-7-18-40/h1-6,8-17,30,37,40H,7,18-21H2,(H,39,41)/t30-,33-/m0/s1. The number of halogens is 3. The number of nitrogens with one attached hydrogen (secondary N) is 2. The minimum atomic E-state index is -1.44. The van der Waals surface area contributed by atoms with Crippen LogP contribution in [0.1, 0.15) is 34.8 Å². The number of carbonyl (C=O) groups is 1. The summed E-state index contributed by atoms with van der Waals surface area (Å²) in [5, 5.41) is 9.04. The summed E-state index contributed by atoms with van der Waals surface area (Å²) in [5.41, 5.74) is 6.95. The average Bonchev–Trinajstić information content (AvgIpc) is 3.40. The number of aliphatic hydroxyl groups is 1. The number of aliphatic imine (C=N–C) groups is 1. The zero-order chi connectivity index (χ0) is 30.2. The molecule has 0 bridgehead atoms. The van der Waals surface area contributed by atoms with E-state index in [1.807, 2.05) is 60.7 Å². The molecule has 0 aromatic heterocycles. The van der Waals surface area contributed by atoms with Gasteiger partial charge in [0.1, 0.15) is 11.6 Å². The molecule has 4 aromatic rings. The van der Waals surface area contributed by atoms with Gasteiger partial charge in [0.2, 0.25) is 5.90 Å². The van der Waals surface area contributed by atoms with Crippen LogP contribution in [0.3, 0.4) is 0 Å². The van der Waals surface area contributed by atoms with Crippen molar-refractivity contribution < 1.29 is 23.8 Å². The molecular formula is C33H30Br2FN3O4. The lowest BCUT2D eigenvalue weighted by Gasteiger charge is -2.31. The monoisotopic (exact) mass is 709 g/mol. The molecule has 0 saturated carbocycles. The Balaban J connectivity index is 1.54. The Morgan fingerprint density at radius 3 is 2.30 bits per heavy atom. The molecule has 0 saturated heterocycles. The van der Waals surface area contributed by atoms with E-state index in [4.69, 9.17) is 19.6 Å². The number of amides is 1. The van der Waals surface area contributed by atoms with E-state index < -0.39 is 17.6 Å². The summed E-state index contributed by atoms with van der Waals surface area (Å²) in [5.74, 6) is 0.151. The molecule has 2 atom stereocenters. The highest BCUT2D eigenvalue weighted by Crippen LogP contribution is 2.45. The van der Waals surface area contributed by atoms with Crippen LogP contribution in [0.5, 0.6) is 5.75 Å². The molecule has 43 heavy (non-hydrogen) atoms. The third-order valence-corrected chi connectivity index (χ3v) is 8.57. The maximum atomic E-state index is 14.3. The van der Waals surface area contributed by atoms with Gasteiger partial charge in [-0.15, -0.1) is 0 Å². The van der Waals surface area contributed by atoms with Crippen molar-refractivity contribution >= 4 is 43.7 Å². The van der Waals surface area contributed by atoms with Gasteiger partial charge in [0.15, 0.2) is 11.6 Å². The maximum absolute atomic E-state index is 14.3. The number of benzene rings is 4. The predicted molar refractivity (Wildman–Crippen MR) is 170 cm³/mol. The highest BCUT2D eigenvalue weighted by molar-refractivity contribution is 9.10. The second-order valence-corrected chi connectivity index (χ2v) is 11.7. The second kappa shape index (κ2) is 14.3. The minimum absolute atomic E-state index is 0.0516. The zero-order valence-corrected chi connectivity index (χ0v) is 26.3. The Bertz CT molecular complexity index is 1600. The van der Waals surface area contributed by atoms with Crippen molar-refractivity contribution in [3.05, 3.63) is 134 Å². The molecule has 222 valence electrons. The normalized spacial score (nSPS) is 17.7. The lowest BCUT2D eigenvalue weighted by molar-refractivity contribution is -0.130. The van der Waals surface area contributed by atoms with E-state index in [0.29, 0.717) is 35.8 Å². The highest BCUT2D eigenvalue weighted by Gasteiger charge is 2.54. The van der Waals surface area contributed by atoms with Crippen LogP contribution in [0.4, 0.5) is 4.39 Å². The van der Waals surface area contributed by atoms with E-state index in [1.165, 1.54) is 6.07 Å². The van der Waals surface area contributed by atoms with Crippen molar-refractivity contribution in [2.24, 2.45) is 4.99 Å². The summed E-state index contributed by atoms with van der Waals surface area (Å²) in [6, 6.07) is 28.9. The second-order valence-electron chi connectivity index (χ2n) is 9.98. The smallest absolute Gasteiger partial charge is 0.266 e. The van der Waals surface area contributed by atoms with Crippen LogP contribution >= 0.6 is 31.9 Å². The van der Waals surface area contributed by atoms with Crippen LogP contribution in [0, 0.1) is 5.82 Å². The molecule has 1 aliphatic heterocycles. The van der Waals surface area contributed by atoms with Crippen LogP contribution in [-0.2, 0) is 22.5 Å². The van der Waals surface area contributed by atoms with Gasteiger partial charge in [0, 0.05) is 51.6 Å². The van der Waals surface area contributed by atoms with Crippen LogP contribution in [0.2, 0.25) is 0 Å². The quantitative estimate of drug-likeness (QED) is 0.116. The van der Waals surface area contributed by atoms with E-state index in [0.717, 1.165) is 20.1 Å². The summed E-state index contributed by atoms with van der Waals surface area (Å²) in [6.45, 7) is 0.529. The SMILES string of the molecule is O=C(NNCc1ccccc1F)[C@@]1(Cc2ccccc2Br)N=C(c2ccc(OCCCO)cc2)O[C@H]1c1ccccc1Br. The van der Waals surface area contributed by atoms with Gasteiger partial charge in [-0.1, -0.05) is 86.5 Å². The number of hydrogen-bond acceptors (Lipinski definition) is 6. The summed E-state index contributed by atoms with van der Waals surface area (Å²) in [7, 11) is 0. The summed E-state index contributed by atoms with van der Waals surface area (Å²) in [6.07, 6.45) is -0.0663. The van der Waals surface area contributed by atoms with E-state index in [-0.39, 0.29) is 25.4 Å². The lowest BCUT2D eigenvalue weighted by Crippen LogP contribution is -2.53. The van der Waals surface area contributed by atoms with Gasteiger partial charge < -0.3 is 14.6 Å². The molecule has 0 radical (unpaired) electrons. The Morgan fingerprint density at radius 2 is 1.60 bits per heavy atom. The highest BCUT2D eigenvalue weighted by atomic mass is 79.9. The molecule has 1 amide bonds. The fraction of sp³-hybridized carbons (Fsp3) is 0.212. The molecule has 0 fully saturated rings. The molecule has 5 rings (SSSR count). The Morgan fingerprint density at radius 1 is 0.930 bits per heavy atom. The van der Waals surface area contributed by atoms with Gasteiger partial charge in [0.05, 0.1) is 6.61 Å². The topological polar surface area (TPSA) is 92.2 Å². The minimum Gasteiger partial charge on any atom is -0.494 e. The number of nitrogens with zero attached hydrogens (tertiary/aromatic N) is 1. The first kappa shape index (κ1) is 30.9. The van der Waals surface area contributed by atoms with Gasteiger partial charge in [-0.25, -0.2) is 14.8 Å². The van der Waals surface area contributed by atoms with Crippen molar-refractivity contribution in [1.29, 1.82) is 0 Å². The molecule has 0 unspecified atom stereocenters. The van der Waals surface area contributed by atoms with E-state index in [1.54, 1.807) is 30.3 Å². The molecule has 1 aliphatic rings. The van der Waals surface area contributed by atoms with E-state index in [2.05, 4.69) is 42.7 Å². The Labute approximate surface area is 266 Å². The van der Waals surface area contributed by atoms with E-state index in [9.17, 15) is 9.18 Å². The molecule has 10 heteroatoms. The van der Waals surface area contributed by atoms with Gasteiger partial charge in [0.25, 0.3) is 5.91 Å². The third-order valence-electron chi connectivity index (χ3n) is 7.07. The first-order valence-corrected chi connectivity index (χ1v) is 15.3. The van der Waals surface area contributed by atoms with Crippen molar-refractivity contribution in [1.82, 2.24) is 10.9 Å². The largest absolute Gasteiger partial charge is 0.494 e. The van der Waals surface area contributed by atoms with Gasteiger partial charge in [-0.05, 0) is 48.0 Å². The molecular weight excluding hydrogens is 681 g/mol. The fourth-order valence-electron chi connectivity index (χ4n) is 4.85. The molecule has 7 nitrogen and oxygen atoms in total. The van der Waals surface area contributed by atoms with Crippen molar-refractivity contribution in [3.8, 4) is 5.75 Å². The van der Waals surface area contributed by atoms with Gasteiger partial charge in [-0.2, -0.15) is 0 Å². The van der Waals surface area contributed by atoms with Crippen molar-refractivity contribution in [2.45, 2.75) is 31.0 Å². The number of hydrazine groups is 1. The number of aliphatic hydroxyl groups excluding tert-OH is 1. The number of carbonyl (C=O) groups excluding carboxylic acids is 1. The van der Waals surface area contributed by atoms with Crippen molar-refractivity contribution in [3.63, 3.8) is 0 Å². The summed E-state index contributed by atoms with van der Waals surface area (Å²) in [4.78, 5) is 19.3. The fourth-order valence-corrected chi connectivity index (χ4v) is 5.77. The van der Waals surface area contributed by atoms with Crippen molar-refractivity contribution in [2.75, 3.05) is 13.2 Å². The molecule has 0 spiro atoms. The van der Waals surface area contributed by atoms with Crippen LogP contribution in [-0.4, -0.2) is 35.7 Å². The Kier molecular flexibility index (Phi) is 10.2. The molecule has 1 heterocycles. The van der Waals surface area contributed by atoms with Crippen LogP contribution in [0.25, 0.3) is 0 Å². The number of hydrogen-bond donors (Lipinski definition) is 3. The summed E-state index contributed by atoms with van der Waals surface area (Å²) < 4.78 is 28.1. The molecule has 3 N–H and O–H groups in total. The zero-order valence-electron chi connectivity index (χ0n) is 23.1. The van der Waals surface area contributed by atoms with Crippen LogP contribution < -0.4 is 15.6 Å². The van der Waals surface area contributed by atoms with Gasteiger partial charge in [-0.3, -0.25) is 10.2 Å². The van der Waals surface area contributed by atoms with E-state index >= 15 is 0 Å².